The summed E-state index contributed by atoms with van der Waals surface area (Å²) in [5.74, 6) is 0.874. The summed E-state index contributed by atoms with van der Waals surface area (Å²) in [5, 5.41) is 1.05. The standard InChI is InChI=1S/C30H31N3O3/c1-19(20-10-12-23(35-4)13-11-20)32-14-6-9-27(32)22-15-21(16-31-17-22)25-18-33-28-24(25)7-5-8-26(28)30(2,3)36-29(33)34/h5,7-8,10-13,15-19,27H,6,9,14H2,1-4H3/t19?,27-/m0/s1. The number of hydrogen-bond donors (Lipinski definition) is 0. The van der Waals surface area contributed by atoms with Crippen molar-refractivity contribution in [3.05, 3.63) is 83.8 Å². The maximum Gasteiger partial charge on any atom is 0.419 e. The number of carbonyl (C=O) groups excluding carboxylic acids is 1. The molecule has 2 aliphatic rings. The molecule has 1 fully saturated rings. The Morgan fingerprint density at radius 2 is 1.94 bits per heavy atom. The predicted octanol–water partition coefficient (Wildman–Crippen LogP) is 6.84. The summed E-state index contributed by atoms with van der Waals surface area (Å²) in [6.45, 7) is 7.20. The van der Waals surface area contributed by atoms with Crippen LogP contribution in [0.25, 0.3) is 22.0 Å². The summed E-state index contributed by atoms with van der Waals surface area (Å²) in [5.41, 5.74) is 5.79. The number of nitrogens with zero attached hydrogens (tertiary/aromatic N) is 3. The predicted molar refractivity (Wildman–Crippen MR) is 140 cm³/mol. The normalized spacial score (nSPS) is 19.9. The van der Waals surface area contributed by atoms with Crippen LogP contribution in [0, 0.1) is 0 Å². The van der Waals surface area contributed by atoms with Crippen molar-refractivity contribution in [3.63, 3.8) is 0 Å². The number of para-hydroxylation sites is 1. The molecule has 0 N–H and O–H groups in total. The van der Waals surface area contributed by atoms with E-state index in [0.29, 0.717) is 0 Å². The largest absolute Gasteiger partial charge is 0.497 e. The summed E-state index contributed by atoms with van der Waals surface area (Å²) in [6.07, 6.45) is 7.70. The zero-order valence-electron chi connectivity index (χ0n) is 21.2. The first-order valence-electron chi connectivity index (χ1n) is 12.6. The number of ether oxygens (including phenoxy) is 2. The van der Waals surface area contributed by atoms with Gasteiger partial charge in [-0.15, -0.1) is 0 Å². The number of benzene rings is 2. The molecule has 0 radical (unpaired) electrons. The molecule has 0 amide bonds. The average Bonchev–Trinajstić information content (AvgIpc) is 3.53. The van der Waals surface area contributed by atoms with Crippen LogP contribution in [0.15, 0.2) is 67.1 Å². The summed E-state index contributed by atoms with van der Waals surface area (Å²) in [7, 11) is 1.70. The number of carbonyl (C=O) groups is 1. The molecule has 1 saturated heterocycles. The number of pyridine rings is 1. The average molecular weight is 482 g/mol. The van der Waals surface area contributed by atoms with Gasteiger partial charge >= 0.3 is 6.09 Å². The van der Waals surface area contributed by atoms with Crippen molar-refractivity contribution in [1.29, 1.82) is 0 Å². The van der Waals surface area contributed by atoms with Crippen molar-refractivity contribution in [2.24, 2.45) is 0 Å². The second kappa shape index (κ2) is 8.49. The lowest BCUT2D eigenvalue weighted by atomic mass is 9.93. The molecule has 0 aliphatic carbocycles. The molecule has 2 aromatic carbocycles. The van der Waals surface area contributed by atoms with E-state index in [0.717, 1.165) is 52.7 Å². The van der Waals surface area contributed by atoms with Gasteiger partial charge in [-0.1, -0.05) is 30.3 Å². The smallest absolute Gasteiger partial charge is 0.419 e. The van der Waals surface area contributed by atoms with Gasteiger partial charge in [0.15, 0.2) is 0 Å². The van der Waals surface area contributed by atoms with Crippen LogP contribution in [0.2, 0.25) is 0 Å². The highest BCUT2D eigenvalue weighted by atomic mass is 16.6. The Bertz CT molecular complexity index is 1450. The van der Waals surface area contributed by atoms with Gasteiger partial charge in [0.2, 0.25) is 0 Å². The van der Waals surface area contributed by atoms with Gasteiger partial charge in [-0.05, 0) is 69.5 Å². The molecule has 6 rings (SSSR count). The summed E-state index contributed by atoms with van der Waals surface area (Å²) >= 11 is 0. The molecular formula is C30H31N3O3. The fourth-order valence-electron chi connectivity index (χ4n) is 5.94. The van der Waals surface area contributed by atoms with Gasteiger partial charge in [0.1, 0.15) is 11.4 Å². The Balaban J connectivity index is 1.37. The van der Waals surface area contributed by atoms with Gasteiger partial charge in [0.25, 0.3) is 0 Å². The van der Waals surface area contributed by atoms with E-state index < -0.39 is 5.60 Å². The maximum atomic E-state index is 12.8. The van der Waals surface area contributed by atoms with Crippen molar-refractivity contribution < 1.29 is 14.3 Å². The zero-order valence-corrected chi connectivity index (χ0v) is 21.2. The fourth-order valence-corrected chi connectivity index (χ4v) is 5.94. The van der Waals surface area contributed by atoms with E-state index in [2.05, 4.69) is 41.1 Å². The third kappa shape index (κ3) is 3.59. The molecule has 0 saturated carbocycles. The van der Waals surface area contributed by atoms with Crippen LogP contribution in [0.4, 0.5) is 4.79 Å². The summed E-state index contributed by atoms with van der Waals surface area (Å²) < 4.78 is 12.7. The summed E-state index contributed by atoms with van der Waals surface area (Å²) in [6, 6.07) is 17.4. The Labute approximate surface area is 211 Å². The number of methoxy groups -OCH3 is 1. The molecule has 4 aromatic rings. The second-order valence-electron chi connectivity index (χ2n) is 10.3. The van der Waals surface area contributed by atoms with Crippen molar-refractivity contribution >= 4 is 17.0 Å². The molecule has 2 aliphatic heterocycles. The molecule has 6 heteroatoms. The van der Waals surface area contributed by atoms with E-state index in [4.69, 9.17) is 9.47 Å². The molecule has 2 atom stereocenters. The fraction of sp³-hybridized carbons (Fsp3) is 0.333. The van der Waals surface area contributed by atoms with Crippen LogP contribution in [0.1, 0.15) is 62.4 Å². The molecule has 4 heterocycles. The van der Waals surface area contributed by atoms with Gasteiger partial charge < -0.3 is 9.47 Å². The Morgan fingerprint density at radius 1 is 1.14 bits per heavy atom. The molecule has 0 bridgehead atoms. The molecule has 1 unspecified atom stereocenters. The van der Waals surface area contributed by atoms with E-state index in [1.54, 1.807) is 11.7 Å². The highest BCUT2D eigenvalue weighted by Crippen LogP contribution is 2.43. The number of rotatable bonds is 5. The minimum atomic E-state index is -0.662. The quantitative estimate of drug-likeness (QED) is 0.312. The summed E-state index contributed by atoms with van der Waals surface area (Å²) in [4.78, 5) is 20.0. The first-order valence-corrected chi connectivity index (χ1v) is 12.6. The van der Waals surface area contributed by atoms with Crippen LogP contribution in [-0.2, 0) is 10.3 Å². The monoisotopic (exact) mass is 481 g/mol. The number of hydrogen-bond acceptors (Lipinski definition) is 5. The highest BCUT2D eigenvalue weighted by molar-refractivity contribution is 6.03. The topological polar surface area (TPSA) is 56.6 Å². The molecule has 0 spiro atoms. The Kier molecular flexibility index (Phi) is 5.38. The van der Waals surface area contributed by atoms with Gasteiger partial charge in [-0.2, -0.15) is 0 Å². The van der Waals surface area contributed by atoms with Crippen LogP contribution >= 0.6 is 0 Å². The van der Waals surface area contributed by atoms with Crippen molar-refractivity contribution in [2.45, 2.75) is 51.3 Å². The SMILES string of the molecule is COc1ccc(C(C)N2CCC[C@H]2c2cncc(-c3cn4c5c(cccc35)C(C)(C)OC4=O)c2)cc1. The lowest BCUT2D eigenvalue weighted by molar-refractivity contribution is 0.0331. The van der Waals surface area contributed by atoms with E-state index in [9.17, 15) is 4.79 Å². The first-order chi connectivity index (χ1) is 17.4. The number of cyclic esters (lactones) is 1. The maximum absolute atomic E-state index is 12.8. The Morgan fingerprint density at radius 3 is 2.72 bits per heavy atom. The minimum absolute atomic E-state index is 0.280. The highest BCUT2D eigenvalue weighted by Gasteiger charge is 2.36. The minimum Gasteiger partial charge on any atom is -0.497 e. The second-order valence-corrected chi connectivity index (χ2v) is 10.3. The van der Waals surface area contributed by atoms with Crippen LogP contribution < -0.4 is 4.74 Å². The van der Waals surface area contributed by atoms with E-state index >= 15 is 0 Å². The van der Waals surface area contributed by atoms with Crippen LogP contribution in [0.3, 0.4) is 0 Å². The van der Waals surface area contributed by atoms with E-state index in [1.165, 1.54) is 11.1 Å². The lowest BCUT2D eigenvalue weighted by Crippen LogP contribution is -2.33. The lowest BCUT2D eigenvalue weighted by Gasteiger charge is -2.31. The molecule has 2 aromatic heterocycles. The van der Waals surface area contributed by atoms with E-state index in [-0.39, 0.29) is 18.2 Å². The number of likely N-dealkylation sites (tertiary alicyclic amines) is 1. The van der Waals surface area contributed by atoms with Crippen molar-refractivity contribution in [1.82, 2.24) is 14.5 Å². The Hall–Kier alpha value is -3.64. The molecule has 36 heavy (non-hydrogen) atoms. The first kappa shape index (κ1) is 22.8. The molecular weight excluding hydrogens is 450 g/mol. The third-order valence-electron chi connectivity index (χ3n) is 7.86. The molecule has 184 valence electrons. The van der Waals surface area contributed by atoms with Gasteiger partial charge in [0, 0.05) is 52.8 Å². The van der Waals surface area contributed by atoms with Crippen LogP contribution in [0.5, 0.6) is 5.75 Å². The van der Waals surface area contributed by atoms with Crippen molar-refractivity contribution in [3.8, 4) is 16.9 Å². The van der Waals surface area contributed by atoms with Gasteiger partial charge in [0.05, 0.1) is 12.6 Å². The van der Waals surface area contributed by atoms with Gasteiger partial charge in [-0.25, -0.2) is 4.79 Å². The molecule has 6 nitrogen and oxygen atoms in total. The van der Waals surface area contributed by atoms with Gasteiger partial charge in [-0.3, -0.25) is 14.5 Å². The zero-order chi connectivity index (χ0) is 25.0. The van der Waals surface area contributed by atoms with E-state index in [1.807, 2.05) is 56.7 Å². The van der Waals surface area contributed by atoms with Crippen LogP contribution in [-0.4, -0.2) is 34.2 Å². The van der Waals surface area contributed by atoms with Crippen molar-refractivity contribution in [2.75, 3.05) is 13.7 Å². The third-order valence-corrected chi connectivity index (χ3v) is 7.86. The number of aromatic nitrogens is 2.